The minimum absolute atomic E-state index is 0.00490. The lowest BCUT2D eigenvalue weighted by molar-refractivity contribution is -0.137. The molecular formula is C13H14ClFO3. The van der Waals surface area contributed by atoms with Crippen molar-refractivity contribution in [3.63, 3.8) is 0 Å². The predicted octanol–water partition coefficient (Wildman–Crippen LogP) is 3.46. The third kappa shape index (κ3) is 2.75. The molecule has 1 aliphatic rings. The topological polar surface area (TPSA) is 46.5 Å². The molecule has 0 saturated heterocycles. The van der Waals surface area contributed by atoms with Gasteiger partial charge in [0, 0.05) is 0 Å². The molecule has 3 nitrogen and oxygen atoms in total. The lowest BCUT2D eigenvalue weighted by Crippen LogP contribution is -2.09. The number of halogens is 2. The van der Waals surface area contributed by atoms with Crippen LogP contribution in [0.5, 0.6) is 5.75 Å². The van der Waals surface area contributed by atoms with Crippen molar-refractivity contribution in [2.45, 2.75) is 25.2 Å². The van der Waals surface area contributed by atoms with Gasteiger partial charge in [-0.1, -0.05) is 11.6 Å². The first-order valence-electron chi connectivity index (χ1n) is 5.77. The lowest BCUT2D eigenvalue weighted by Gasteiger charge is -2.16. The molecule has 1 saturated carbocycles. The highest BCUT2D eigenvalue weighted by atomic mass is 35.5. The minimum Gasteiger partial charge on any atom is -0.492 e. The van der Waals surface area contributed by atoms with E-state index < -0.39 is 11.8 Å². The van der Waals surface area contributed by atoms with E-state index in [4.69, 9.17) is 21.4 Å². The third-order valence-corrected chi connectivity index (χ3v) is 3.52. The quantitative estimate of drug-likeness (QED) is 0.893. The van der Waals surface area contributed by atoms with Crippen molar-refractivity contribution in [1.29, 1.82) is 0 Å². The van der Waals surface area contributed by atoms with Crippen LogP contribution in [-0.2, 0) is 4.79 Å². The molecule has 0 amide bonds. The Morgan fingerprint density at radius 3 is 2.72 bits per heavy atom. The maximum absolute atomic E-state index is 13.7. The number of hydrogen-bond donors (Lipinski definition) is 1. The van der Waals surface area contributed by atoms with Gasteiger partial charge >= 0.3 is 5.97 Å². The molecule has 1 aromatic rings. The number of benzene rings is 1. The van der Waals surface area contributed by atoms with Gasteiger partial charge in [-0.25, -0.2) is 4.39 Å². The van der Waals surface area contributed by atoms with Gasteiger partial charge in [-0.15, -0.1) is 0 Å². The van der Waals surface area contributed by atoms with E-state index in [1.54, 1.807) is 6.07 Å². The second-order valence-electron chi connectivity index (χ2n) is 4.56. The Labute approximate surface area is 110 Å². The van der Waals surface area contributed by atoms with Crippen LogP contribution in [0.1, 0.15) is 30.7 Å². The molecule has 0 aliphatic heterocycles. The molecule has 98 valence electrons. The molecule has 1 atom stereocenters. The standard InChI is InChI=1S/C13H14ClFO3/c1-18-13-10(14)4-8(5-11(13)15)9(6-12(16)17)7-2-3-7/h4-5,7,9H,2-3,6H2,1H3,(H,16,17). The van der Waals surface area contributed by atoms with Crippen LogP contribution in [-0.4, -0.2) is 18.2 Å². The monoisotopic (exact) mass is 272 g/mol. The highest BCUT2D eigenvalue weighted by Gasteiger charge is 2.34. The summed E-state index contributed by atoms with van der Waals surface area (Å²) in [5.41, 5.74) is 0.642. The highest BCUT2D eigenvalue weighted by Crippen LogP contribution is 2.46. The first kappa shape index (κ1) is 13.1. The van der Waals surface area contributed by atoms with Gasteiger partial charge in [-0.3, -0.25) is 4.79 Å². The van der Waals surface area contributed by atoms with E-state index in [0.29, 0.717) is 11.5 Å². The van der Waals surface area contributed by atoms with Crippen molar-refractivity contribution in [1.82, 2.24) is 0 Å². The van der Waals surface area contributed by atoms with Crippen molar-refractivity contribution in [3.8, 4) is 5.75 Å². The van der Waals surface area contributed by atoms with Crippen molar-refractivity contribution in [2.75, 3.05) is 7.11 Å². The van der Waals surface area contributed by atoms with Crippen LogP contribution in [0.4, 0.5) is 4.39 Å². The molecule has 1 N–H and O–H groups in total. The molecule has 0 aromatic heterocycles. The van der Waals surface area contributed by atoms with Crippen molar-refractivity contribution in [3.05, 3.63) is 28.5 Å². The molecule has 0 radical (unpaired) electrons. The van der Waals surface area contributed by atoms with Crippen LogP contribution in [0, 0.1) is 11.7 Å². The summed E-state index contributed by atoms with van der Waals surface area (Å²) in [6, 6.07) is 2.94. The molecule has 0 spiro atoms. The Morgan fingerprint density at radius 2 is 2.28 bits per heavy atom. The highest BCUT2D eigenvalue weighted by molar-refractivity contribution is 6.32. The van der Waals surface area contributed by atoms with E-state index in [0.717, 1.165) is 12.8 Å². The molecular weight excluding hydrogens is 259 g/mol. The maximum atomic E-state index is 13.7. The fourth-order valence-corrected chi connectivity index (χ4v) is 2.53. The van der Waals surface area contributed by atoms with Crippen molar-refractivity contribution in [2.24, 2.45) is 5.92 Å². The number of carboxylic acid groups (broad SMARTS) is 1. The van der Waals surface area contributed by atoms with E-state index in [1.165, 1.54) is 13.2 Å². The van der Waals surface area contributed by atoms with Crippen molar-refractivity contribution < 1.29 is 19.0 Å². The number of aliphatic carboxylic acids is 1. The van der Waals surface area contributed by atoms with Gasteiger partial charge in [0.2, 0.25) is 0 Å². The molecule has 5 heteroatoms. The summed E-state index contributed by atoms with van der Waals surface area (Å²) in [6.07, 6.45) is 1.99. The van der Waals surface area contributed by atoms with Gasteiger partial charge in [-0.2, -0.15) is 0 Å². The van der Waals surface area contributed by atoms with Crippen LogP contribution in [0.15, 0.2) is 12.1 Å². The summed E-state index contributed by atoms with van der Waals surface area (Å²) in [5, 5.41) is 9.09. The normalized spacial score (nSPS) is 16.4. The zero-order valence-corrected chi connectivity index (χ0v) is 10.7. The Hall–Kier alpha value is -1.29. The molecule has 0 heterocycles. The predicted molar refractivity (Wildman–Crippen MR) is 65.7 cm³/mol. The van der Waals surface area contributed by atoms with Gasteiger partial charge in [0.05, 0.1) is 18.6 Å². The number of carbonyl (C=O) groups is 1. The molecule has 1 fully saturated rings. The summed E-state index contributed by atoms with van der Waals surface area (Å²) >= 11 is 5.93. The Morgan fingerprint density at radius 1 is 1.61 bits per heavy atom. The Balaban J connectivity index is 2.33. The first-order valence-corrected chi connectivity index (χ1v) is 6.15. The fraction of sp³-hybridized carbons (Fsp3) is 0.462. The van der Waals surface area contributed by atoms with Crippen LogP contribution in [0.3, 0.4) is 0 Å². The smallest absolute Gasteiger partial charge is 0.303 e. The average molecular weight is 273 g/mol. The summed E-state index contributed by atoms with van der Waals surface area (Å²) in [4.78, 5) is 10.9. The molecule has 2 rings (SSSR count). The number of rotatable bonds is 5. The second-order valence-corrected chi connectivity index (χ2v) is 4.97. The third-order valence-electron chi connectivity index (χ3n) is 3.24. The lowest BCUT2D eigenvalue weighted by atomic mass is 9.91. The second kappa shape index (κ2) is 5.14. The molecule has 18 heavy (non-hydrogen) atoms. The maximum Gasteiger partial charge on any atom is 0.303 e. The zero-order chi connectivity index (χ0) is 13.3. The van der Waals surface area contributed by atoms with Gasteiger partial charge in [0.15, 0.2) is 11.6 Å². The first-order chi connectivity index (χ1) is 8.52. The number of carboxylic acids is 1. The number of methoxy groups -OCH3 is 1. The molecule has 1 aliphatic carbocycles. The van der Waals surface area contributed by atoms with Gasteiger partial charge in [-0.05, 0) is 42.4 Å². The van der Waals surface area contributed by atoms with E-state index in [2.05, 4.69) is 0 Å². The minimum atomic E-state index is -0.876. The summed E-state index contributed by atoms with van der Waals surface area (Å²) in [7, 11) is 1.35. The van der Waals surface area contributed by atoms with Crippen LogP contribution in [0.2, 0.25) is 5.02 Å². The number of ether oxygens (including phenoxy) is 1. The van der Waals surface area contributed by atoms with Crippen LogP contribution >= 0.6 is 11.6 Å². The van der Waals surface area contributed by atoms with Crippen molar-refractivity contribution >= 4 is 17.6 Å². The van der Waals surface area contributed by atoms with Gasteiger partial charge < -0.3 is 9.84 Å². The average Bonchev–Trinajstić information content (AvgIpc) is 3.09. The summed E-state index contributed by atoms with van der Waals surface area (Å²) < 4.78 is 18.6. The Bertz CT molecular complexity index is 448. The summed E-state index contributed by atoms with van der Waals surface area (Å²) in [6.45, 7) is 0. The molecule has 1 aromatic carbocycles. The van der Waals surface area contributed by atoms with Gasteiger partial charge in [0.1, 0.15) is 0 Å². The zero-order valence-electron chi connectivity index (χ0n) is 9.95. The van der Waals surface area contributed by atoms with Crippen LogP contribution in [0.25, 0.3) is 0 Å². The number of hydrogen-bond acceptors (Lipinski definition) is 2. The van der Waals surface area contributed by atoms with Crippen LogP contribution < -0.4 is 4.74 Å². The van der Waals surface area contributed by atoms with E-state index >= 15 is 0 Å². The SMILES string of the molecule is COc1c(F)cc(C(CC(=O)O)C2CC2)cc1Cl. The van der Waals surface area contributed by atoms with E-state index in [1.807, 2.05) is 0 Å². The fourth-order valence-electron chi connectivity index (χ4n) is 2.23. The summed E-state index contributed by atoms with van der Waals surface area (Å²) in [5.74, 6) is -1.26. The van der Waals surface area contributed by atoms with E-state index in [-0.39, 0.29) is 23.1 Å². The molecule has 1 unspecified atom stereocenters. The Kier molecular flexibility index (Phi) is 3.76. The largest absolute Gasteiger partial charge is 0.492 e. The van der Waals surface area contributed by atoms with E-state index in [9.17, 15) is 9.18 Å². The van der Waals surface area contributed by atoms with Gasteiger partial charge in [0.25, 0.3) is 0 Å². The molecule has 0 bridgehead atoms.